The summed E-state index contributed by atoms with van der Waals surface area (Å²) in [4.78, 5) is 0. The number of aryl methyl sites for hydroxylation is 1. The summed E-state index contributed by atoms with van der Waals surface area (Å²) in [5.74, 6) is 0. The third-order valence-corrected chi connectivity index (χ3v) is 4.62. The first-order valence-corrected chi connectivity index (χ1v) is 7.81. The van der Waals surface area contributed by atoms with Crippen LogP contribution < -0.4 is 0 Å². The summed E-state index contributed by atoms with van der Waals surface area (Å²) >= 11 is 0. The molecular formula is C18H30O. The zero-order valence-electron chi connectivity index (χ0n) is 13.1. The molecule has 0 aromatic heterocycles. The molecule has 1 aromatic rings. The Morgan fingerprint density at radius 1 is 1.16 bits per heavy atom. The average Bonchev–Trinajstić information content (AvgIpc) is 2.45. The van der Waals surface area contributed by atoms with Gasteiger partial charge in [0.2, 0.25) is 0 Å². The molecule has 1 atom stereocenters. The van der Waals surface area contributed by atoms with E-state index >= 15 is 0 Å². The highest BCUT2D eigenvalue weighted by Gasteiger charge is 2.19. The van der Waals surface area contributed by atoms with Crippen LogP contribution in [0.15, 0.2) is 24.3 Å². The molecule has 1 unspecified atom stereocenters. The van der Waals surface area contributed by atoms with Gasteiger partial charge in [0.05, 0.1) is 6.10 Å². The largest absolute Gasteiger partial charge is 0.388 e. The minimum atomic E-state index is -0.298. The van der Waals surface area contributed by atoms with Gasteiger partial charge in [0, 0.05) is 0 Å². The van der Waals surface area contributed by atoms with Gasteiger partial charge in [-0.2, -0.15) is 0 Å². The monoisotopic (exact) mass is 262 g/mol. The molecule has 1 rings (SSSR count). The van der Waals surface area contributed by atoms with Gasteiger partial charge in [-0.1, -0.05) is 71.2 Å². The topological polar surface area (TPSA) is 20.2 Å². The van der Waals surface area contributed by atoms with E-state index in [0.717, 1.165) is 24.8 Å². The molecule has 0 fully saturated rings. The Kier molecular flexibility index (Phi) is 6.57. The molecule has 0 heterocycles. The lowest BCUT2D eigenvalue weighted by atomic mass is 9.79. The zero-order chi connectivity index (χ0) is 14.3. The van der Waals surface area contributed by atoms with Crippen molar-refractivity contribution in [3.63, 3.8) is 0 Å². The summed E-state index contributed by atoms with van der Waals surface area (Å²) in [6.45, 7) is 9.06. The molecule has 0 bridgehead atoms. The molecule has 0 saturated heterocycles. The molecule has 0 saturated carbocycles. The number of benzene rings is 1. The molecule has 19 heavy (non-hydrogen) atoms. The lowest BCUT2D eigenvalue weighted by molar-refractivity contribution is 0.166. The summed E-state index contributed by atoms with van der Waals surface area (Å²) in [6.07, 6.45) is 6.40. The van der Waals surface area contributed by atoms with Crippen LogP contribution in [0, 0.1) is 5.41 Å². The second-order valence-corrected chi connectivity index (χ2v) is 6.07. The van der Waals surface area contributed by atoms with Crippen molar-refractivity contribution in [1.29, 1.82) is 0 Å². The highest BCUT2D eigenvalue weighted by Crippen LogP contribution is 2.31. The van der Waals surface area contributed by atoms with Gasteiger partial charge in [0.15, 0.2) is 0 Å². The van der Waals surface area contributed by atoms with Gasteiger partial charge in [-0.05, 0) is 35.8 Å². The van der Waals surface area contributed by atoms with Crippen LogP contribution in [-0.2, 0) is 6.42 Å². The van der Waals surface area contributed by atoms with Crippen LogP contribution in [0.1, 0.15) is 77.0 Å². The maximum Gasteiger partial charge on any atom is 0.0790 e. The number of hydrogen-bond acceptors (Lipinski definition) is 1. The molecule has 0 aliphatic heterocycles. The smallest absolute Gasteiger partial charge is 0.0790 e. The minimum absolute atomic E-state index is 0.298. The fourth-order valence-corrected chi connectivity index (χ4v) is 2.45. The van der Waals surface area contributed by atoms with E-state index in [4.69, 9.17) is 0 Å². The van der Waals surface area contributed by atoms with Crippen LogP contribution in [0.3, 0.4) is 0 Å². The Balaban J connectivity index is 2.67. The highest BCUT2D eigenvalue weighted by atomic mass is 16.3. The predicted molar refractivity (Wildman–Crippen MR) is 83.3 cm³/mol. The van der Waals surface area contributed by atoms with Crippen molar-refractivity contribution in [1.82, 2.24) is 0 Å². The molecular weight excluding hydrogens is 232 g/mol. The van der Waals surface area contributed by atoms with Crippen molar-refractivity contribution in [2.24, 2.45) is 5.41 Å². The maximum absolute atomic E-state index is 10.1. The minimum Gasteiger partial charge on any atom is -0.388 e. The predicted octanol–water partition coefficient (Wildman–Crippen LogP) is 5.28. The Morgan fingerprint density at radius 3 is 2.42 bits per heavy atom. The van der Waals surface area contributed by atoms with Gasteiger partial charge in [-0.25, -0.2) is 0 Å². The van der Waals surface area contributed by atoms with E-state index in [2.05, 4.69) is 45.9 Å². The van der Waals surface area contributed by atoms with E-state index in [-0.39, 0.29) is 6.10 Å². The SMILES string of the molecule is CCCC(O)c1cccc(CCC(C)(CC)CC)c1. The second kappa shape index (κ2) is 7.69. The van der Waals surface area contributed by atoms with Crippen molar-refractivity contribution < 1.29 is 5.11 Å². The summed E-state index contributed by atoms with van der Waals surface area (Å²) in [5, 5.41) is 10.1. The molecule has 108 valence electrons. The lowest BCUT2D eigenvalue weighted by Crippen LogP contribution is -2.14. The third-order valence-electron chi connectivity index (χ3n) is 4.62. The molecule has 1 aromatic carbocycles. The van der Waals surface area contributed by atoms with Crippen LogP contribution in [-0.4, -0.2) is 5.11 Å². The van der Waals surface area contributed by atoms with Crippen molar-refractivity contribution in [2.45, 2.75) is 72.3 Å². The Morgan fingerprint density at radius 2 is 1.84 bits per heavy atom. The van der Waals surface area contributed by atoms with Crippen LogP contribution in [0.5, 0.6) is 0 Å². The van der Waals surface area contributed by atoms with E-state index < -0.39 is 0 Å². The molecule has 0 amide bonds. The lowest BCUT2D eigenvalue weighted by Gasteiger charge is -2.26. The summed E-state index contributed by atoms with van der Waals surface area (Å²) < 4.78 is 0. The van der Waals surface area contributed by atoms with E-state index in [0.29, 0.717) is 5.41 Å². The summed E-state index contributed by atoms with van der Waals surface area (Å²) in [6, 6.07) is 8.50. The van der Waals surface area contributed by atoms with E-state index in [1.165, 1.54) is 24.8 Å². The normalized spacial score (nSPS) is 13.5. The van der Waals surface area contributed by atoms with Crippen LogP contribution in [0.25, 0.3) is 0 Å². The molecule has 1 N–H and O–H groups in total. The Labute approximate surface area is 119 Å². The average molecular weight is 262 g/mol. The van der Waals surface area contributed by atoms with E-state index in [1.54, 1.807) is 0 Å². The van der Waals surface area contributed by atoms with Gasteiger partial charge in [0.25, 0.3) is 0 Å². The molecule has 0 radical (unpaired) electrons. The highest BCUT2D eigenvalue weighted by molar-refractivity contribution is 5.25. The second-order valence-electron chi connectivity index (χ2n) is 6.07. The quantitative estimate of drug-likeness (QED) is 0.676. The molecule has 0 spiro atoms. The zero-order valence-corrected chi connectivity index (χ0v) is 13.1. The van der Waals surface area contributed by atoms with Crippen molar-refractivity contribution in [3.8, 4) is 0 Å². The Bertz CT molecular complexity index is 366. The van der Waals surface area contributed by atoms with Gasteiger partial charge in [-0.15, -0.1) is 0 Å². The third kappa shape index (κ3) is 4.99. The fraction of sp³-hybridized carbons (Fsp3) is 0.667. The van der Waals surface area contributed by atoms with Gasteiger partial charge >= 0.3 is 0 Å². The first-order valence-electron chi connectivity index (χ1n) is 7.81. The van der Waals surface area contributed by atoms with Crippen molar-refractivity contribution in [2.75, 3.05) is 0 Å². The van der Waals surface area contributed by atoms with E-state index in [1.807, 2.05) is 6.07 Å². The molecule has 0 aliphatic carbocycles. The van der Waals surface area contributed by atoms with Crippen LogP contribution >= 0.6 is 0 Å². The number of aliphatic hydroxyl groups is 1. The number of hydrogen-bond donors (Lipinski definition) is 1. The molecule has 0 aliphatic rings. The van der Waals surface area contributed by atoms with E-state index in [9.17, 15) is 5.11 Å². The Hall–Kier alpha value is -0.820. The standard InChI is InChI=1S/C18H30O/c1-5-9-17(19)16-11-8-10-15(14-16)12-13-18(4,6-2)7-3/h8,10-11,14,17,19H,5-7,9,12-13H2,1-4H3. The maximum atomic E-state index is 10.1. The van der Waals surface area contributed by atoms with Crippen LogP contribution in [0.4, 0.5) is 0 Å². The first-order chi connectivity index (χ1) is 9.04. The summed E-state index contributed by atoms with van der Waals surface area (Å²) in [7, 11) is 0. The molecule has 1 heteroatoms. The van der Waals surface area contributed by atoms with Gasteiger partial charge < -0.3 is 5.11 Å². The van der Waals surface area contributed by atoms with Gasteiger partial charge in [-0.3, -0.25) is 0 Å². The number of aliphatic hydroxyl groups excluding tert-OH is 1. The van der Waals surface area contributed by atoms with Crippen molar-refractivity contribution >= 4 is 0 Å². The number of rotatable bonds is 8. The van der Waals surface area contributed by atoms with Crippen molar-refractivity contribution in [3.05, 3.63) is 35.4 Å². The van der Waals surface area contributed by atoms with Crippen LogP contribution in [0.2, 0.25) is 0 Å². The van der Waals surface area contributed by atoms with Gasteiger partial charge in [0.1, 0.15) is 0 Å². The molecule has 1 nitrogen and oxygen atoms in total. The fourth-order valence-electron chi connectivity index (χ4n) is 2.45. The first kappa shape index (κ1) is 16.2. The summed E-state index contributed by atoms with van der Waals surface area (Å²) in [5.41, 5.74) is 2.90.